The van der Waals surface area contributed by atoms with Gasteiger partial charge in [0.1, 0.15) is 0 Å². The van der Waals surface area contributed by atoms with E-state index in [0.29, 0.717) is 19.1 Å². The van der Waals surface area contributed by atoms with Gasteiger partial charge in [-0.15, -0.1) is 0 Å². The summed E-state index contributed by atoms with van der Waals surface area (Å²) >= 11 is 0. The lowest BCUT2D eigenvalue weighted by Gasteiger charge is -2.31. The summed E-state index contributed by atoms with van der Waals surface area (Å²) in [6.45, 7) is 4.26. The van der Waals surface area contributed by atoms with E-state index in [1.165, 1.54) is 12.8 Å². The molecule has 106 valence electrons. The first kappa shape index (κ1) is 14.3. The maximum absolute atomic E-state index is 12.5. The molecule has 1 aliphatic carbocycles. The fraction of sp³-hybridized carbons (Fsp3) is 1.00. The molecule has 1 heterocycles. The molecule has 0 aromatic heterocycles. The van der Waals surface area contributed by atoms with Crippen molar-refractivity contribution in [3.8, 4) is 0 Å². The SMILES string of the molecule is CCN(CC1CCCCN1)S(=O)(=O)C1CCCC1. The Balaban J connectivity index is 1.97. The molecule has 1 unspecified atom stereocenters. The van der Waals surface area contributed by atoms with E-state index in [2.05, 4.69) is 5.32 Å². The van der Waals surface area contributed by atoms with E-state index >= 15 is 0 Å². The molecule has 1 saturated carbocycles. The Bertz CT molecular complexity index is 344. The highest BCUT2D eigenvalue weighted by atomic mass is 32.2. The normalized spacial score (nSPS) is 26.9. The molecule has 0 amide bonds. The molecule has 0 radical (unpaired) electrons. The highest BCUT2D eigenvalue weighted by Crippen LogP contribution is 2.27. The van der Waals surface area contributed by atoms with E-state index in [4.69, 9.17) is 0 Å². The number of sulfonamides is 1. The van der Waals surface area contributed by atoms with Crippen molar-refractivity contribution in [2.45, 2.75) is 63.2 Å². The Morgan fingerprint density at radius 1 is 1.11 bits per heavy atom. The Hall–Kier alpha value is -0.130. The number of piperidine rings is 1. The van der Waals surface area contributed by atoms with Gasteiger partial charge in [-0.1, -0.05) is 26.2 Å². The zero-order chi connectivity index (χ0) is 13.0. The molecule has 18 heavy (non-hydrogen) atoms. The van der Waals surface area contributed by atoms with Crippen LogP contribution in [0, 0.1) is 0 Å². The van der Waals surface area contributed by atoms with Gasteiger partial charge in [-0.3, -0.25) is 0 Å². The Labute approximate surface area is 111 Å². The van der Waals surface area contributed by atoms with Gasteiger partial charge < -0.3 is 5.32 Å². The molecule has 4 nitrogen and oxygen atoms in total. The van der Waals surface area contributed by atoms with Gasteiger partial charge in [0.15, 0.2) is 0 Å². The first-order chi connectivity index (χ1) is 8.64. The van der Waals surface area contributed by atoms with Gasteiger partial charge in [0.05, 0.1) is 5.25 Å². The average Bonchev–Trinajstić information content (AvgIpc) is 2.91. The van der Waals surface area contributed by atoms with Crippen molar-refractivity contribution in [2.24, 2.45) is 0 Å². The van der Waals surface area contributed by atoms with Crippen molar-refractivity contribution in [1.29, 1.82) is 0 Å². The van der Waals surface area contributed by atoms with Crippen molar-refractivity contribution in [2.75, 3.05) is 19.6 Å². The molecule has 5 heteroatoms. The number of nitrogens with one attached hydrogen (secondary N) is 1. The summed E-state index contributed by atoms with van der Waals surface area (Å²) in [4.78, 5) is 0. The molecular formula is C13H26N2O2S. The van der Waals surface area contributed by atoms with E-state index in [-0.39, 0.29) is 5.25 Å². The van der Waals surface area contributed by atoms with Crippen LogP contribution in [0.15, 0.2) is 0 Å². The number of rotatable bonds is 5. The zero-order valence-electron chi connectivity index (χ0n) is 11.4. The van der Waals surface area contributed by atoms with Crippen molar-refractivity contribution < 1.29 is 8.42 Å². The van der Waals surface area contributed by atoms with Gasteiger partial charge in [0.2, 0.25) is 10.0 Å². The maximum Gasteiger partial charge on any atom is 0.217 e. The van der Waals surface area contributed by atoms with Crippen molar-refractivity contribution in [1.82, 2.24) is 9.62 Å². The number of hydrogen-bond donors (Lipinski definition) is 1. The minimum absolute atomic E-state index is 0.110. The Kier molecular flexibility index (Phi) is 5.04. The molecule has 2 rings (SSSR count). The molecule has 0 bridgehead atoms. The van der Waals surface area contributed by atoms with Crippen LogP contribution in [0.5, 0.6) is 0 Å². The lowest BCUT2D eigenvalue weighted by atomic mass is 10.1. The molecule has 0 spiro atoms. The van der Waals surface area contributed by atoms with Crippen molar-refractivity contribution in [3.05, 3.63) is 0 Å². The lowest BCUT2D eigenvalue weighted by molar-refractivity contribution is 0.317. The summed E-state index contributed by atoms with van der Waals surface area (Å²) in [6, 6.07) is 0.356. The summed E-state index contributed by atoms with van der Waals surface area (Å²) in [6.07, 6.45) is 7.41. The number of hydrogen-bond acceptors (Lipinski definition) is 3. The summed E-state index contributed by atoms with van der Waals surface area (Å²) in [5, 5.41) is 3.33. The third-order valence-corrected chi connectivity index (χ3v) is 6.71. The van der Waals surface area contributed by atoms with Crippen LogP contribution in [0.4, 0.5) is 0 Å². The van der Waals surface area contributed by atoms with Crippen LogP contribution in [-0.4, -0.2) is 43.6 Å². The van der Waals surface area contributed by atoms with Gasteiger partial charge in [-0.05, 0) is 32.2 Å². The van der Waals surface area contributed by atoms with E-state index in [9.17, 15) is 8.42 Å². The molecule has 2 fully saturated rings. The topological polar surface area (TPSA) is 49.4 Å². The molecule has 1 saturated heterocycles. The lowest BCUT2D eigenvalue weighted by Crippen LogP contribution is -2.47. The third kappa shape index (κ3) is 3.25. The third-order valence-electron chi connectivity index (χ3n) is 4.27. The van der Waals surface area contributed by atoms with Gasteiger partial charge in [-0.2, -0.15) is 0 Å². The van der Waals surface area contributed by atoms with Gasteiger partial charge in [-0.25, -0.2) is 12.7 Å². The summed E-state index contributed by atoms with van der Waals surface area (Å²) in [7, 11) is -3.06. The predicted molar refractivity (Wildman–Crippen MR) is 74.1 cm³/mol. The van der Waals surface area contributed by atoms with Crippen LogP contribution in [0.2, 0.25) is 0 Å². The molecule has 1 aliphatic heterocycles. The molecular weight excluding hydrogens is 248 g/mol. The van der Waals surface area contributed by atoms with Crippen LogP contribution in [0.3, 0.4) is 0 Å². The van der Waals surface area contributed by atoms with Crippen LogP contribution in [-0.2, 0) is 10.0 Å². The van der Waals surface area contributed by atoms with Crippen molar-refractivity contribution >= 4 is 10.0 Å². The number of nitrogens with zero attached hydrogens (tertiary/aromatic N) is 1. The van der Waals surface area contributed by atoms with Gasteiger partial charge >= 0.3 is 0 Å². The summed E-state index contributed by atoms with van der Waals surface area (Å²) < 4.78 is 26.8. The predicted octanol–water partition coefficient (Wildman–Crippen LogP) is 1.72. The van der Waals surface area contributed by atoms with E-state index in [0.717, 1.165) is 38.6 Å². The van der Waals surface area contributed by atoms with Crippen LogP contribution < -0.4 is 5.32 Å². The Morgan fingerprint density at radius 3 is 2.33 bits per heavy atom. The van der Waals surface area contributed by atoms with Crippen LogP contribution in [0.1, 0.15) is 51.9 Å². The molecule has 2 aliphatic rings. The Morgan fingerprint density at radius 2 is 1.78 bits per heavy atom. The second-order valence-electron chi connectivity index (χ2n) is 5.55. The molecule has 1 atom stereocenters. The fourth-order valence-corrected chi connectivity index (χ4v) is 5.23. The number of likely N-dealkylation sites (N-methyl/N-ethyl adjacent to an activating group) is 1. The molecule has 1 N–H and O–H groups in total. The monoisotopic (exact) mass is 274 g/mol. The quantitative estimate of drug-likeness (QED) is 0.830. The van der Waals surface area contributed by atoms with Gasteiger partial charge in [0.25, 0.3) is 0 Å². The highest BCUT2D eigenvalue weighted by molar-refractivity contribution is 7.89. The smallest absolute Gasteiger partial charge is 0.217 e. The van der Waals surface area contributed by atoms with E-state index in [1.54, 1.807) is 4.31 Å². The molecule has 0 aromatic carbocycles. The highest BCUT2D eigenvalue weighted by Gasteiger charge is 2.34. The van der Waals surface area contributed by atoms with E-state index in [1.807, 2.05) is 6.92 Å². The zero-order valence-corrected chi connectivity index (χ0v) is 12.2. The summed E-state index contributed by atoms with van der Waals surface area (Å²) in [5.74, 6) is 0. The van der Waals surface area contributed by atoms with Crippen molar-refractivity contribution in [3.63, 3.8) is 0 Å². The first-order valence-corrected chi connectivity index (χ1v) is 8.87. The summed E-state index contributed by atoms with van der Waals surface area (Å²) in [5.41, 5.74) is 0. The van der Waals surface area contributed by atoms with Crippen LogP contribution >= 0.6 is 0 Å². The maximum atomic E-state index is 12.5. The molecule has 0 aromatic rings. The van der Waals surface area contributed by atoms with Gasteiger partial charge in [0, 0.05) is 19.1 Å². The largest absolute Gasteiger partial charge is 0.313 e. The standard InChI is InChI=1S/C13H26N2O2S/c1-2-15(11-12-7-5-6-10-14-12)18(16,17)13-8-3-4-9-13/h12-14H,2-11H2,1H3. The fourth-order valence-electron chi connectivity index (χ4n) is 3.14. The first-order valence-electron chi connectivity index (χ1n) is 7.37. The average molecular weight is 274 g/mol. The minimum Gasteiger partial charge on any atom is -0.313 e. The second-order valence-corrected chi connectivity index (χ2v) is 7.76. The van der Waals surface area contributed by atoms with E-state index < -0.39 is 10.0 Å². The van der Waals surface area contributed by atoms with Crippen LogP contribution in [0.25, 0.3) is 0 Å². The minimum atomic E-state index is -3.06. The second kappa shape index (κ2) is 6.35.